The molecule has 0 saturated heterocycles. The molecule has 0 amide bonds. The first-order valence-corrected chi connectivity index (χ1v) is 6.29. The first-order chi connectivity index (χ1) is 7.63. The van der Waals surface area contributed by atoms with E-state index in [2.05, 4.69) is 18.8 Å². The summed E-state index contributed by atoms with van der Waals surface area (Å²) in [6, 6.07) is 0. The molecule has 1 aromatic heterocycles. The van der Waals surface area contributed by atoms with Crippen LogP contribution in [0.2, 0.25) is 0 Å². The molecule has 1 saturated carbocycles. The molecule has 3 heteroatoms. The van der Waals surface area contributed by atoms with Crippen molar-refractivity contribution in [3.05, 3.63) is 17.8 Å². The second kappa shape index (κ2) is 4.58. The van der Waals surface area contributed by atoms with Crippen molar-refractivity contribution < 1.29 is 4.42 Å². The highest BCUT2D eigenvalue weighted by atomic mass is 16.3. The second-order valence-corrected chi connectivity index (χ2v) is 5.49. The first-order valence-electron chi connectivity index (χ1n) is 6.29. The summed E-state index contributed by atoms with van der Waals surface area (Å²) in [6.07, 6.45) is 8.21. The van der Waals surface area contributed by atoms with Gasteiger partial charge in [-0.1, -0.05) is 33.1 Å². The number of nitrogens with zero attached hydrogens (tertiary/aromatic N) is 1. The molecule has 1 fully saturated rings. The zero-order chi connectivity index (χ0) is 11.6. The maximum absolute atomic E-state index is 5.74. The van der Waals surface area contributed by atoms with Crippen LogP contribution < -0.4 is 5.73 Å². The van der Waals surface area contributed by atoms with Crippen LogP contribution >= 0.6 is 0 Å². The molecule has 0 aliphatic heterocycles. The van der Waals surface area contributed by atoms with Crippen LogP contribution in [0.25, 0.3) is 0 Å². The van der Waals surface area contributed by atoms with Crippen molar-refractivity contribution in [1.29, 1.82) is 0 Å². The standard InChI is InChI=1S/C13H22N2O/c1-13(2,9-14)11-8-16-12(15-11)10-6-4-3-5-7-10/h8,10H,3-7,9,14H2,1-2H3. The van der Waals surface area contributed by atoms with E-state index in [4.69, 9.17) is 10.2 Å². The van der Waals surface area contributed by atoms with E-state index >= 15 is 0 Å². The van der Waals surface area contributed by atoms with Crippen molar-refractivity contribution >= 4 is 0 Å². The van der Waals surface area contributed by atoms with Gasteiger partial charge in [0, 0.05) is 17.9 Å². The molecule has 0 atom stereocenters. The van der Waals surface area contributed by atoms with Gasteiger partial charge in [0.15, 0.2) is 5.89 Å². The average Bonchev–Trinajstić information content (AvgIpc) is 2.80. The molecule has 0 unspecified atom stereocenters. The van der Waals surface area contributed by atoms with Crippen molar-refractivity contribution in [2.24, 2.45) is 5.73 Å². The summed E-state index contributed by atoms with van der Waals surface area (Å²) in [5.41, 5.74) is 6.67. The van der Waals surface area contributed by atoms with Crippen LogP contribution in [-0.4, -0.2) is 11.5 Å². The molecule has 1 aliphatic rings. The smallest absolute Gasteiger partial charge is 0.197 e. The Bertz CT molecular complexity index is 337. The Hall–Kier alpha value is -0.830. The van der Waals surface area contributed by atoms with Gasteiger partial charge in [-0.25, -0.2) is 4.98 Å². The van der Waals surface area contributed by atoms with Crippen LogP contribution in [0.5, 0.6) is 0 Å². The highest BCUT2D eigenvalue weighted by Gasteiger charge is 2.26. The van der Waals surface area contributed by atoms with Gasteiger partial charge in [-0.2, -0.15) is 0 Å². The van der Waals surface area contributed by atoms with Crippen molar-refractivity contribution in [2.45, 2.75) is 57.3 Å². The average molecular weight is 222 g/mol. The van der Waals surface area contributed by atoms with E-state index in [1.165, 1.54) is 32.1 Å². The summed E-state index contributed by atoms with van der Waals surface area (Å²) in [7, 11) is 0. The van der Waals surface area contributed by atoms with Crippen LogP contribution in [0, 0.1) is 0 Å². The molecule has 1 heterocycles. The lowest BCUT2D eigenvalue weighted by molar-refractivity contribution is 0.363. The van der Waals surface area contributed by atoms with Gasteiger partial charge in [-0.15, -0.1) is 0 Å². The minimum atomic E-state index is -0.0730. The largest absolute Gasteiger partial charge is 0.448 e. The Kier molecular flexibility index (Phi) is 3.33. The molecule has 3 nitrogen and oxygen atoms in total. The molecule has 0 radical (unpaired) electrons. The van der Waals surface area contributed by atoms with E-state index < -0.39 is 0 Å². The van der Waals surface area contributed by atoms with E-state index in [9.17, 15) is 0 Å². The maximum Gasteiger partial charge on any atom is 0.197 e. The Morgan fingerprint density at radius 3 is 2.69 bits per heavy atom. The Morgan fingerprint density at radius 2 is 2.06 bits per heavy atom. The third-order valence-electron chi connectivity index (χ3n) is 3.68. The van der Waals surface area contributed by atoms with Crippen LogP contribution in [0.1, 0.15) is 63.5 Å². The minimum Gasteiger partial charge on any atom is -0.448 e. The zero-order valence-corrected chi connectivity index (χ0v) is 10.3. The molecule has 0 aromatic carbocycles. The van der Waals surface area contributed by atoms with E-state index in [1.807, 2.05) is 0 Å². The molecule has 1 aromatic rings. The molecule has 0 bridgehead atoms. The predicted octanol–water partition coefficient (Wildman–Crippen LogP) is 2.96. The van der Waals surface area contributed by atoms with Crippen molar-refractivity contribution in [3.63, 3.8) is 0 Å². The summed E-state index contributed by atoms with van der Waals surface area (Å²) in [6.45, 7) is 4.81. The van der Waals surface area contributed by atoms with E-state index in [0.717, 1.165) is 11.6 Å². The highest BCUT2D eigenvalue weighted by Crippen LogP contribution is 2.33. The molecular formula is C13H22N2O. The van der Waals surface area contributed by atoms with Gasteiger partial charge in [0.25, 0.3) is 0 Å². The lowest BCUT2D eigenvalue weighted by Crippen LogP contribution is -2.28. The fourth-order valence-corrected chi connectivity index (χ4v) is 2.24. The third-order valence-corrected chi connectivity index (χ3v) is 3.68. The normalized spacial score (nSPS) is 18.9. The molecule has 2 rings (SSSR count). The Balaban J connectivity index is 2.12. The summed E-state index contributed by atoms with van der Waals surface area (Å²) in [5, 5.41) is 0. The Morgan fingerprint density at radius 1 is 1.38 bits per heavy atom. The maximum atomic E-state index is 5.74. The van der Waals surface area contributed by atoms with Crippen LogP contribution in [0.3, 0.4) is 0 Å². The van der Waals surface area contributed by atoms with Gasteiger partial charge in [0.2, 0.25) is 0 Å². The lowest BCUT2D eigenvalue weighted by atomic mass is 9.88. The van der Waals surface area contributed by atoms with Crippen molar-refractivity contribution in [1.82, 2.24) is 4.98 Å². The van der Waals surface area contributed by atoms with E-state index in [-0.39, 0.29) is 5.41 Å². The molecule has 90 valence electrons. The zero-order valence-electron chi connectivity index (χ0n) is 10.3. The topological polar surface area (TPSA) is 52.0 Å². The highest BCUT2D eigenvalue weighted by molar-refractivity contribution is 5.12. The summed E-state index contributed by atoms with van der Waals surface area (Å²) >= 11 is 0. The van der Waals surface area contributed by atoms with Gasteiger partial charge < -0.3 is 10.2 Å². The summed E-state index contributed by atoms with van der Waals surface area (Å²) in [4.78, 5) is 4.63. The van der Waals surface area contributed by atoms with E-state index in [1.54, 1.807) is 6.26 Å². The number of rotatable bonds is 3. The molecule has 1 aliphatic carbocycles. The lowest BCUT2D eigenvalue weighted by Gasteiger charge is -2.19. The molecule has 16 heavy (non-hydrogen) atoms. The summed E-state index contributed by atoms with van der Waals surface area (Å²) in [5.74, 6) is 1.47. The third kappa shape index (κ3) is 2.29. The number of oxazole rings is 1. The van der Waals surface area contributed by atoms with Gasteiger partial charge in [-0.05, 0) is 12.8 Å². The fraction of sp³-hybridized carbons (Fsp3) is 0.769. The minimum absolute atomic E-state index is 0.0730. The number of hydrogen-bond acceptors (Lipinski definition) is 3. The number of aromatic nitrogens is 1. The van der Waals surface area contributed by atoms with Gasteiger partial charge >= 0.3 is 0 Å². The SMILES string of the molecule is CC(C)(CN)c1coc(C2CCCCC2)n1. The van der Waals surface area contributed by atoms with Gasteiger partial charge in [0.1, 0.15) is 6.26 Å². The van der Waals surface area contributed by atoms with Gasteiger partial charge in [0.05, 0.1) is 5.69 Å². The molecular weight excluding hydrogens is 200 g/mol. The van der Waals surface area contributed by atoms with Gasteiger partial charge in [-0.3, -0.25) is 0 Å². The first kappa shape index (κ1) is 11.6. The van der Waals surface area contributed by atoms with Crippen molar-refractivity contribution in [2.75, 3.05) is 6.54 Å². The monoisotopic (exact) mass is 222 g/mol. The number of hydrogen-bond donors (Lipinski definition) is 1. The summed E-state index contributed by atoms with van der Waals surface area (Å²) < 4.78 is 5.63. The van der Waals surface area contributed by atoms with Crippen LogP contribution in [-0.2, 0) is 5.41 Å². The second-order valence-electron chi connectivity index (χ2n) is 5.49. The van der Waals surface area contributed by atoms with Crippen LogP contribution in [0.4, 0.5) is 0 Å². The van der Waals surface area contributed by atoms with E-state index in [0.29, 0.717) is 12.5 Å². The molecule has 2 N–H and O–H groups in total. The Labute approximate surface area is 97.4 Å². The number of nitrogens with two attached hydrogens (primary N) is 1. The molecule has 0 spiro atoms. The predicted molar refractivity (Wildman–Crippen MR) is 64.4 cm³/mol. The quantitative estimate of drug-likeness (QED) is 0.855. The van der Waals surface area contributed by atoms with Crippen LogP contribution in [0.15, 0.2) is 10.7 Å². The van der Waals surface area contributed by atoms with Crippen molar-refractivity contribution in [3.8, 4) is 0 Å². The fourth-order valence-electron chi connectivity index (χ4n) is 2.24.